The molecule has 1 aromatic rings. The van der Waals surface area contributed by atoms with Gasteiger partial charge in [-0.1, -0.05) is 34.1 Å². The SMILES string of the molecule is CC(C)(C)OC(=O)N1C2C=C(c3ccc(Br)cc3)CC1CC2. The van der Waals surface area contributed by atoms with E-state index in [2.05, 4.69) is 46.3 Å². The number of ether oxygens (including phenoxy) is 1. The molecule has 1 fully saturated rings. The predicted octanol–water partition coefficient (Wildman–Crippen LogP) is 5.00. The van der Waals surface area contributed by atoms with Crippen molar-refractivity contribution in [3.63, 3.8) is 0 Å². The normalized spacial score (nSPS) is 24.2. The van der Waals surface area contributed by atoms with Gasteiger partial charge in [0, 0.05) is 10.5 Å². The maximum absolute atomic E-state index is 12.4. The van der Waals surface area contributed by atoms with Crippen molar-refractivity contribution in [3.05, 3.63) is 40.4 Å². The molecule has 0 saturated carbocycles. The van der Waals surface area contributed by atoms with Crippen molar-refractivity contribution < 1.29 is 9.53 Å². The van der Waals surface area contributed by atoms with Gasteiger partial charge in [-0.25, -0.2) is 4.79 Å². The summed E-state index contributed by atoms with van der Waals surface area (Å²) in [6.07, 6.45) is 5.07. The number of benzene rings is 1. The number of hydrogen-bond donors (Lipinski definition) is 0. The molecule has 4 heteroatoms. The van der Waals surface area contributed by atoms with E-state index >= 15 is 0 Å². The minimum Gasteiger partial charge on any atom is -0.444 e. The molecule has 22 heavy (non-hydrogen) atoms. The predicted molar refractivity (Wildman–Crippen MR) is 91.6 cm³/mol. The Morgan fingerprint density at radius 2 is 1.91 bits per heavy atom. The van der Waals surface area contributed by atoms with Crippen molar-refractivity contribution >= 4 is 27.6 Å². The molecule has 3 nitrogen and oxygen atoms in total. The van der Waals surface area contributed by atoms with Crippen molar-refractivity contribution in [3.8, 4) is 0 Å². The fourth-order valence-electron chi connectivity index (χ4n) is 3.31. The third kappa shape index (κ3) is 3.22. The maximum Gasteiger partial charge on any atom is 0.411 e. The van der Waals surface area contributed by atoms with Gasteiger partial charge < -0.3 is 4.74 Å². The molecule has 0 N–H and O–H groups in total. The van der Waals surface area contributed by atoms with Gasteiger partial charge >= 0.3 is 6.09 Å². The zero-order valence-electron chi connectivity index (χ0n) is 13.3. The second-order valence-corrected chi connectivity index (χ2v) is 8.00. The minimum atomic E-state index is -0.438. The lowest BCUT2D eigenvalue weighted by Gasteiger charge is -2.35. The molecule has 2 unspecified atom stereocenters. The number of carbonyl (C=O) groups excluding carboxylic acids is 1. The summed E-state index contributed by atoms with van der Waals surface area (Å²) in [4.78, 5) is 14.4. The van der Waals surface area contributed by atoms with Crippen LogP contribution in [0.15, 0.2) is 34.8 Å². The Morgan fingerprint density at radius 3 is 2.50 bits per heavy atom. The highest BCUT2D eigenvalue weighted by atomic mass is 79.9. The molecule has 2 aliphatic rings. The van der Waals surface area contributed by atoms with Crippen LogP contribution in [-0.2, 0) is 4.74 Å². The van der Waals surface area contributed by atoms with Gasteiger partial charge in [-0.3, -0.25) is 4.90 Å². The van der Waals surface area contributed by atoms with Gasteiger partial charge in [0.2, 0.25) is 0 Å². The maximum atomic E-state index is 12.4. The molecular weight excluding hydrogens is 342 g/mol. The summed E-state index contributed by atoms with van der Waals surface area (Å²) in [5.74, 6) is 0. The summed E-state index contributed by atoms with van der Waals surface area (Å²) in [5, 5.41) is 0. The Morgan fingerprint density at radius 1 is 1.23 bits per heavy atom. The zero-order chi connectivity index (χ0) is 15.9. The fraction of sp³-hybridized carbons (Fsp3) is 0.500. The van der Waals surface area contributed by atoms with Crippen LogP contribution < -0.4 is 0 Å². The highest BCUT2D eigenvalue weighted by molar-refractivity contribution is 9.10. The van der Waals surface area contributed by atoms with Crippen LogP contribution in [0.2, 0.25) is 0 Å². The van der Waals surface area contributed by atoms with Crippen LogP contribution >= 0.6 is 15.9 Å². The van der Waals surface area contributed by atoms with E-state index in [4.69, 9.17) is 4.74 Å². The molecule has 2 aliphatic heterocycles. The summed E-state index contributed by atoms with van der Waals surface area (Å²) in [6.45, 7) is 5.75. The van der Waals surface area contributed by atoms with E-state index < -0.39 is 5.60 Å². The highest BCUT2D eigenvalue weighted by Gasteiger charge is 2.41. The molecule has 0 aliphatic carbocycles. The molecule has 0 radical (unpaired) electrons. The summed E-state index contributed by atoms with van der Waals surface area (Å²) in [6, 6.07) is 8.85. The van der Waals surface area contributed by atoms with Gasteiger partial charge in [0.25, 0.3) is 0 Å². The van der Waals surface area contributed by atoms with E-state index in [0.29, 0.717) is 0 Å². The average Bonchev–Trinajstić information content (AvgIpc) is 2.69. The molecule has 1 saturated heterocycles. The topological polar surface area (TPSA) is 29.5 Å². The standard InChI is InChI=1S/C18H22BrNO2/c1-18(2,3)22-17(21)20-15-8-9-16(20)11-13(10-15)12-4-6-14(19)7-5-12/h4-7,10,15-16H,8-9,11H2,1-3H3. The minimum absolute atomic E-state index is 0.173. The van der Waals surface area contributed by atoms with Crippen LogP contribution in [0, 0.1) is 0 Å². The molecule has 2 atom stereocenters. The first-order chi connectivity index (χ1) is 10.3. The number of amides is 1. The summed E-state index contributed by atoms with van der Waals surface area (Å²) >= 11 is 3.47. The molecule has 2 bridgehead atoms. The van der Waals surface area contributed by atoms with Crippen molar-refractivity contribution in [2.75, 3.05) is 0 Å². The number of carbonyl (C=O) groups is 1. The van der Waals surface area contributed by atoms with Gasteiger partial charge in [0.1, 0.15) is 5.60 Å². The summed E-state index contributed by atoms with van der Waals surface area (Å²) in [7, 11) is 0. The Hall–Kier alpha value is -1.29. The molecular formula is C18H22BrNO2. The Balaban J connectivity index is 1.80. The first-order valence-corrected chi connectivity index (χ1v) is 8.61. The fourth-order valence-corrected chi connectivity index (χ4v) is 3.57. The Bertz CT molecular complexity index is 601. The lowest BCUT2D eigenvalue weighted by atomic mass is 9.95. The van der Waals surface area contributed by atoms with Crippen molar-refractivity contribution in [2.45, 2.75) is 57.7 Å². The van der Waals surface area contributed by atoms with E-state index in [0.717, 1.165) is 23.7 Å². The van der Waals surface area contributed by atoms with Crippen LogP contribution in [0.25, 0.3) is 5.57 Å². The number of hydrogen-bond acceptors (Lipinski definition) is 2. The van der Waals surface area contributed by atoms with Gasteiger partial charge in [-0.15, -0.1) is 0 Å². The van der Waals surface area contributed by atoms with Crippen molar-refractivity contribution in [2.24, 2.45) is 0 Å². The highest BCUT2D eigenvalue weighted by Crippen LogP contribution is 2.39. The third-order valence-electron chi connectivity index (χ3n) is 4.21. The molecule has 3 rings (SSSR count). The first-order valence-electron chi connectivity index (χ1n) is 7.81. The largest absolute Gasteiger partial charge is 0.444 e. The number of fused-ring (bicyclic) bond motifs is 2. The quantitative estimate of drug-likeness (QED) is 0.702. The van der Waals surface area contributed by atoms with Crippen LogP contribution in [0.3, 0.4) is 0 Å². The number of nitrogens with zero attached hydrogens (tertiary/aromatic N) is 1. The second-order valence-electron chi connectivity index (χ2n) is 7.09. The van der Waals surface area contributed by atoms with Gasteiger partial charge in [-0.2, -0.15) is 0 Å². The first kappa shape index (κ1) is 15.6. The monoisotopic (exact) mass is 363 g/mol. The third-order valence-corrected chi connectivity index (χ3v) is 4.74. The van der Waals surface area contributed by atoms with E-state index in [1.54, 1.807) is 0 Å². The summed E-state index contributed by atoms with van der Waals surface area (Å²) in [5.41, 5.74) is 2.16. The van der Waals surface area contributed by atoms with E-state index in [1.807, 2.05) is 25.7 Å². The number of rotatable bonds is 1. The van der Waals surface area contributed by atoms with Crippen LogP contribution in [0.5, 0.6) is 0 Å². The molecule has 1 aromatic carbocycles. The van der Waals surface area contributed by atoms with Crippen LogP contribution in [0.4, 0.5) is 4.79 Å². The lowest BCUT2D eigenvalue weighted by molar-refractivity contribution is 0.0175. The summed E-state index contributed by atoms with van der Waals surface area (Å²) < 4.78 is 6.66. The van der Waals surface area contributed by atoms with Crippen molar-refractivity contribution in [1.29, 1.82) is 0 Å². The van der Waals surface area contributed by atoms with Crippen molar-refractivity contribution in [1.82, 2.24) is 4.90 Å². The molecule has 2 heterocycles. The Kier molecular flexibility index (Phi) is 4.06. The van der Waals surface area contributed by atoms with E-state index in [9.17, 15) is 4.79 Å². The molecule has 1 amide bonds. The van der Waals surface area contributed by atoms with Crippen LogP contribution in [-0.4, -0.2) is 28.7 Å². The second kappa shape index (κ2) is 5.73. The smallest absolute Gasteiger partial charge is 0.411 e. The number of halogens is 1. The Labute approximate surface area is 140 Å². The lowest BCUT2D eigenvalue weighted by Crippen LogP contribution is -2.45. The van der Waals surface area contributed by atoms with Gasteiger partial charge in [-0.05, 0) is 63.3 Å². The van der Waals surface area contributed by atoms with E-state index in [-0.39, 0.29) is 18.2 Å². The molecule has 118 valence electrons. The van der Waals surface area contributed by atoms with Crippen LogP contribution in [0.1, 0.15) is 45.6 Å². The van der Waals surface area contributed by atoms with E-state index in [1.165, 1.54) is 11.1 Å². The van der Waals surface area contributed by atoms with Gasteiger partial charge in [0.05, 0.1) is 6.04 Å². The molecule has 0 spiro atoms. The molecule has 0 aromatic heterocycles. The zero-order valence-corrected chi connectivity index (χ0v) is 14.9. The van der Waals surface area contributed by atoms with Gasteiger partial charge in [0.15, 0.2) is 0 Å². The average molecular weight is 364 g/mol.